The van der Waals surface area contributed by atoms with Gasteiger partial charge in [0.15, 0.2) is 0 Å². The van der Waals surface area contributed by atoms with Gasteiger partial charge in [0, 0.05) is 52.2 Å². The summed E-state index contributed by atoms with van der Waals surface area (Å²) in [6, 6.07) is 8.30. The van der Waals surface area contributed by atoms with Crippen LogP contribution < -0.4 is 0 Å². The highest BCUT2D eigenvalue weighted by atomic mass is 19.1. The Morgan fingerprint density at radius 2 is 2.06 bits per heavy atom. The van der Waals surface area contributed by atoms with Crippen molar-refractivity contribution in [2.75, 3.05) is 0 Å². The van der Waals surface area contributed by atoms with Crippen LogP contribution in [0.5, 0.6) is 0 Å². The number of aromatic nitrogens is 3. The van der Waals surface area contributed by atoms with Gasteiger partial charge >= 0.3 is 0 Å². The number of rotatable bonds is 4. The first-order valence-electron chi connectivity index (χ1n) is 11.8. The van der Waals surface area contributed by atoms with E-state index >= 15 is 8.78 Å². The highest BCUT2D eigenvalue weighted by Crippen LogP contribution is 2.34. The largest absolute Gasteiger partial charge is 0.389 e. The second-order valence-corrected chi connectivity index (χ2v) is 7.67. The van der Waals surface area contributed by atoms with Gasteiger partial charge in [-0.05, 0) is 36.2 Å². The van der Waals surface area contributed by atoms with E-state index in [4.69, 9.17) is 5.48 Å². The van der Waals surface area contributed by atoms with Gasteiger partial charge in [0.05, 0.1) is 19.5 Å². The number of nitrogens with zero attached hydrogens (tertiary/aromatic N) is 4. The predicted molar refractivity (Wildman–Crippen MR) is 115 cm³/mol. The lowest BCUT2D eigenvalue weighted by Crippen LogP contribution is -2.24. The van der Waals surface area contributed by atoms with Crippen LogP contribution in [0, 0.1) is 11.6 Å². The Morgan fingerprint density at radius 1 is 1.28 bits per heavy atom. The average Bonchev–Trinajstić information content (AvgIpc) is 3.34. The van der Waals surface area contributed by atoms with Gasteiger partial charge in [0.2, 0.25) is 0 Å². The lowest BCUT2D eigenvalue weighted by atomic mass is 9.96. The third kappa shape index (κ3) is 3.23. The number of aliphatic hydroxyl groups is 1. The molecular formula is C24H20F2N4O2. The van der Waals surface area contributed by atoms with Gasteiger partial charge < -0.3 is 10.0 Å². The fourth-order valence-electron chi connectivity index (χ4n) is 4.08. The molecule has 1 aliphatic heterocycles. The van der Waals surface area contributed by atoms with Gasteiger partial charge in [-0.25, -0.2) is 8.78 Å². The Kier molecular flexibility index (Phi) is 3.76. The van der Waals surface area contributed by atoms with Crippen LogP contribution in [-0.4, -0.2) is 30.7 Å². The van der Waals surface area contributed by atoms with Crippen molar-refractivity contribution >= 4 is 16.8 Å². The van der Waals surface area contributed by atoms with E-state index in [1.54, 1.807) is 19.2 Å². The zero-order valence-electron chi connectivity index (χ0n) is 20.9. The summed E-state index contributed by atoms with van der Waals surface area (Å²) in [6.45, 7) is -3.14. The fourth-order valence-corrected chi connectivity index (χ4v) is 4.08. The Balaban J connectivity index is 1.54. The predicted octanol–water partition coefficient (Wildman–Crippen LogP) is 4.12. The van der Waals surface area contributed by atoms with Gasteiger partial charge in [-0.3, -0.25) is 14.5 Å². The van der Waals surface area contributed by atoms with Crippen molar-refractivity contribution in [3.8, 4) is 11.1 Å². The molecule has 2 aromatic heterocycles. The number of fused-ring (bicyclic) bond motifs is 2. The number of carbonyl (C=O) groups excluding carboxylic acids is 1. The number of hydrogen-bond donors (Lipinski definition) is 1. The molecule has 0 spiro atoms. The molecule has 1 N–H and O–H groups in total. The molecule has 1 unspecified atom stereocenters. The summed E-state index contributed by atoms with van der Waals surface area (Å²) in [5.41, 5.74) is 0.939. The van der Waals surface area contributed by atoms with Crippen LogP contribution in [0.1, 0.15) is 45.6 Å². The number of carbonyl (C=O) groups is 1. The smallest absolute Gasteiger partial charge is 0.273 e. The summed E-state index contributed by atoms with van der Waals surface area (Å²) in [7, 11) is 1.57. The Morgan fingerprint density at radius 3 is 2.78 bits per heavy atom. The Labute approximate surface area is 188 Å². The molecule has 32 heavy (non-hydrogen) atoms. The quantitative estimate of drug-likeness (QED) is 0.520. The maximum atomic E-state index is 15.2. The third-order valence-corrected chi connectivity index (χ3v) is 5.59. The van der Waals surface area contributed by atoms with Crippen LogP contribution >= 0.6 is 0 Å². The van der Waals surface area contributed by atoms with Crippen molar-refractivity contribution in [3.05, 3.63) is 82.8 Å². The standard InChI is InChI=1S/C24H20F2N4O2/c1-13(31)16-5-6-17(18-11-29(2)28-23(16)18)15-8-20(25)19(21(26)9-15)12-30-10-14-4-3-7-27-22(14)24(30)32/h3-9,11,13,31H,10,12H2,1-2H3/i1D3,13D. The number of aryl methyl sites for hydroxylation is 1. The molecule has 162 valence electrons. The van der Waals surface area contributed by atoms with Crippen LogP contribution in [0.4, 0.5) is 8.78 Å². The molecule has 3 heterocycles. The van der Waals surface area contributed by atoms with E-state index in [0.717, 1.165) is 12.1 Å². The molecule has 4 aromatic rings. The van der Waals surface area contributed by atoms with E-state index in [1.165, 1.54) is 34.1 Å². The summed E-state index contributed by atoms with van der Waals surface area (Å²) >= 11 is 0. The van der Waals surface area contributed by atoms with Gasteiger partial charge in [-0.15, -0.1) is 0 Å². The second kappa shape index (κ2) is 7.49. The molecule has 1 aliphatic rings. The molecule has 0 saturated heterocycles. The van der Waals surface area contributed by atoms with Gasteiger partial charge in [-0.2, -0.15) is 5.10 Å². The molecule has 0 fully saturated rings. The Bertz CT molecular complexity index is 1510. The average molecular weight is 438 g/mol. The molecule has 8 heteroatoms. The monoisotopic (exact) mass is 438 g/mol. The van der Waals surface area contributed by atoms with Crippen molar-refractivity contribution in [2.45, 2.75) is 26.0 Å². The second-order valence-electron chi connectivity index (χ2n) is 7.67. The normalized spacial score (nSPS) is 17.5. The number of hydrogen-bond acceptors (Lipinski definition) is 4. The minimum atomic E-state index is -3.05. The lowest BCUT2D eigenvalue weighted by molar-refractivity contribution is 0.0759. The minimum Gasteiger partial charge on any atom is -0.389 e. The fraction of sp³-hybridized carbons (Fsp3) is 0.208. The van der Waals surface area contributed by atoms with Gasteiger partial charge in [-0.1, -0.05) is 18.2 Å². The van der Waals surface area contributed by atoms with E-state index < -0.39 is 30.5 Å². The van der Waals surface area contributed by atoms with Crippen LogP contribution in [0.3, 0.4) is 0 Å². The van der Waals surface area contributed by atoms with Crippen molar-refractivity contribution in [2.24, 2.45) is 7.05 Å². The summed E-state index contributed by atoms with van der Waals surface area (Å²) in [4.78, 5) is 17.9. The summed E-state index contributed by atoms with van der Waals surface area (Å²) < 4.78 is 62.3. The maximum absolute atomic E-state index is 15.2. The lowest BCUT2D eigenvalue weighted by Gasteiger charge is -2.17. The van der Waals surface area contributed by atoms with E-state index in [0.29, 0.717) is 16.5 Å². The maximum Gasteiger partial charge on any atom is 0.273 e. The molecule has 1 amide bonds. The van der Waals surface area contributed by atoms with E-state index in [1.807, 2.05) is 0 Å². The molecule has 2 aromatic carbocycles. The molecule has 6 nitrogen and oxygen atoms in total. The highest BCUT2D eigenvalue weighted by molar-refractivity contribution is 5.97. The SMILES string of the molecule is [2H]C([2H])([2H])C([2H])(O)c1ccc(-c2cc(F)c(CN3Cc4cccnc4C3=O)c(F)c2)c2cn(C)nc12. The van der Waals surface area contributed by atoms with E-state index in [-0.39, 0.29) is 41.0 Å². The summed E-state index contributed by atoms with van der Waals surface area (Å²) in [5.74, 6) is -2.12. The van der Waals surface area contributed by atoms with Crippen molar-refractivity contribution in [1.82, 2.24) is 19.7 Å². The van der Waals surface area contributed by atoms with Crippen molar-refractivity contribution in [1.29, 1.82) is 0 Å². The Hall–Kier alpha value is -3.65. The molecular weight excluding hydrogens is 414 g/mol. The number of halogens is 2. The van der Waals surface area contributed by atoms with Gasteiger partial charge in [0.1, 0.15) is 17.3 Å². The zero-order valence-corrected chi connectivity index (χ0v) is 16.9. The van der Waals surface area contributed by atoms with Gasteiger partial charge in [0.25, 0.3) is 5.91 Å². The van der Waals surface area contributed by atoms with E-state index in [9.17, 15) is 9.90 Å². The van der Waals surface area contributed by atoms with Crippen molar-refractivity contribution in [3.63, 3.8) is 0 Å². The van der Waals surface area contributed by atoms with E-state index in [2.05, 4.69) is 10.1 Å². The summed E-state index contributed by atoms with van der Waals surface area (Å²) in [5, 5.41) is 14.9. The van der Waals surface area contributed by atoms with Crippen LogP contribution in [0.15, 0.2) is 48.8 Å². The van der Waals surface area contributed by atoms with Crippen molar-refractivity contribution < 1.29 is 24.2 Å². The van der Waals surface area contributed by atoms with Crippen LogP contribution in [0.2, 0.25) is 0 Å². The highest BCUT2D eigenvalue weighted by Gasteiger charge is 2.30. The van der Waals surface area contributed by atoms with Crippen LogP contribution in [-0.2, 0) is 20.1 Å². The third-order valence-electron chi connectivity index (χ3n) is 5.59. The molecule has 0 saturated carbocycles. The number of pyridine rings is 1. The first-order chi connectivity index (χ1) is 16.9. The minimum absolute atomic E-state index is 0.0291. The van der Waals surface area contributed by atoms with Crippen LogP contribution in [0.25, 0.3) is 22.0 Å². The molecule has 0 bridgehead atoms. The first-order valence-corrected chi connectivity index (χ1v) is 9.79. The zero-order chi connectivity index (χ0) is 26.0. The number of amides is 1. The first kappa shape index (κ1) is 16.0. The number of benzene rings is 2. The molecule has 0 aliphatic carbocycles. The summed E-state index contributed by atoms with van der Waals surface area (Å²) in [6.07, 6.45) is 0.0636. The molecule has 0 radical (unpaired) electrons. The molecule has 1 atom stereocenters. The molecule has 5 rings (SSSR count). The topological polar surface area (TPSA) is 71.2 Å².